The molecule has 19 heavy (non-hydrogen) atoms. The van der Waals surface area contributed by atoms with Gasteiger partial charge in [-0.2, -0.15) is 0 Å². The molecular formula is C13H18BrN3O2. The van der Waals surface area contributed by atoms with Crippen molar-refractivity contribution in [3.63, 3.8) is 0 Å². The maximum atomic E-state index is 11.0. The Bertz CT molecular complexity index is 467. The Morgan fingerprint density at radius 2 is 2.37 bits per heavy atom. The molecule has 0 bridgehead atoms. The number of hydrogen-bond acceptors (Lipinski definition) is 4. The van der Waals surface area contributed by atoms with Gasteiger partial charge in [0.25, 0.3) is 5.69 Å². The summed E-state index contributed by atoms with van der Waals surface area (Å²) < 4.78 is 0.725. The van der Waals surface area contributed by atoms with Crippen LogP contribution in [0.25, 0.3) is 0 Å². The molecule has 0 amide bonds. The number of hydrogen-bond donors (Lipinski definition) is 1. The first kappa shape index (κ1) is 14.3. The first-order valence-corrected chi connectivity index (χ1v) is 7.29. The second-order valence-electron chi connectivity index (χ2n) is 4.85. The molecule has 104 valence electrons. The lowest BCUT2D eigenvalue weighted by molar-refractivity contribution is -0.384. The highest BCUT2D eigenvalue weighted by Gasteiger charge is 2.22. The average Bonchev–Trinajstić information content (AvgIpc) is 2.85. The van der Waals surface area contributed by atoms with Crippen LogP contribution in [0.2, 0.25) is 0 Å². The molecule has 0 spiro atoms. The second kappa shape index (κ2) is 6.34. The number of nitro benzene ring substituents is 1. The lowest BCUT2D eigenvalue weighted by atomic mass is 10.1. The van der Waals surface area contributed by atoms with E-state index in [1.807, 2.05) is 6.07 Å². The molecule has 1 aliphatic rings. The summed E-state index contributed by atoms with van der Waals surface area (Å²) in [6.45, 7) is 6.24. The summed E-state index contributed by atoms with van der Waals surface area (Å²) in [7, 11) is 0. The van der Waals surface area contributed by atoms with Gasteiger partial charge in [0.2, 0.25) is 0 Å². The molecule has 6 heteroatoms. The summed E-state index contributed by atoms with van der Waals surface area (Å²) >= 11 is 3.26. The van der Waals surface area contributed by atoms with Crippen LogP contribution in [-0.4, -0.2) is 36.0 Å². The van der Waals surface area contributed by atoms with Crippen LogP contribution in [0.4, 0.5) is 11.4 Å². The number of nitrogens with zero attached hydrogens (tertiary/aromatic N) is 2. The van der Waals surface area contributed by atoms with Crippen molar-refractivity contribution in [3.8, 4) is 0 Å². The number of anilines is 1. The van der Waals surface area contributed by atoms with Gasteiger partial charge in [-0.05, 0) is 37.6 Å². The normalized spacial score (nSPS) is 19.6. The molecule has 0 radical (unpaired) electrons. The quantitative estimate of drug-likeness (QED) is 0.666. The first-order valence-electron chi connectivity index (χ1n) is 6.50. The van der Waals surface area contributed by atoms with E-state index in [4.69, 9.17) is 0 Å². The van der Waals surface area contributed by atoms with Gasteiger partial charge in [0, 0.05) is 23.6 Å². The van der Waals surface area contributed by atoms with Crippen LogP contribution < -0.4 is 5.32 Å². The van der Waals surface area contributed by atoms with Crippen LogP contribution in [0.3, 0.4) is 0 Å². The van der Waals surface area contributed by atoms with Crippen LogP contribution >= 0.6 is 15.9 Å². The maximum absolute atomic E-state index is 11.0. The van der Waals surface area contributed by atoms with Gasteiger partial charge in [-0.15, -0.1) is 0 Å². The summed E-state index contributed by atoms with van der Waals surface area (Å²) in [6.07, 6.45) is 1.16. The highest BCUT2D eigenvalue weighted by molar-refractivity contribution is 9.10. The Kier molecular flexibility index (Phi) is 4.76. The zero-order valence-electron chi connectivity index (χ0n) is 10.9. The van der Waals surface area contributed by atoms with E-state index in [0.29, 0.717) is 11.6 Å². The molecule has 1 aliphatic heterocycles. The van der Waals surface area contributed by atoms with Crippen LogP contribution in [0.1, 0.15) is 13.3 Å². The van der Waals surface area contributed by atoms with E-state index in [-0.39, 0.29) is 10.6 Å². The molecule has 1 N–H and O–H groups in total. The minimum Gasteiger partial charge on any atom is -0.379 e. The summed E-state index contributed by atoms with van der Waals surface area (Å²) in [5, 5.41) is 14.2. The molecule has 1 saturated heterocycles. The largest absolute Gasteiger partial charge is 0.379 e. The molecule has 0 aromatic heterocycles. The fourth-order valence-corrected chi connectivity index (χ4v) is 2.78. The summed E-state index contributed by atoms with van der Waals surface area (Å²) in [5.41, 5.74) is 0.725. The smallest absolute Gasteiger partial charge is 0.293 e. The number of rotatable bonds is 5. The Hall–Kier alpha value is -1.14. The fourth-order valence-electron chi connectivity index (χ4n) is 2.43. The molecule has 1 aromatic carbocycles. The minimum absolute atomic E-state index is 0.125. The third-order valence-electron chi connectivity index (χ3n) is 3.55. The van der Waals surface area contributed by atoms with Gasteiger partial charge in [-0.25, -0.2) is 0 Å². The topological polar surface area (TPSA) is 58.4 Å². The van der Waals surface area contributed by atoms with Gasteiger partial charge in [-0.1, -0.05) is 22.9 Å². The van der Waals surface area contributed by atoms with Crippen LogP contribution in [0.5, 0.6) is 0 Å². The number of benzene rings is 1. The van der Waals surface area contributed by atoms with Crippen molar-refractivity contribution in [3.05, 3.63) is 32.8 Å². The molecule has 0 aliphatic carbocycles. The van der Waals surface area contributed by atoms with Gasteiger partial charge in [0.1, 0.15) is 5.69 Å². The standard InChI is InChI=1S/C13H18BrN3O2/c1-2-16-6-5-10(9-16)8-15-12-4-3-11(14)7-13(12)17(18)19/h3-4,7,10,15H,2,5-6,8-9H2,1H3. The molecule has 2 rings (SSSR count). The Labute approximate surface area is 121 Å². The van der Waals surface area contributed by atoms with E-state index in [2.05, 4.69) is 33.1 Å². The number of nitrogens with one attached hydrogen (secondary N) is 1. The zero-order chi connectivity index (χ0) is 13.8. The van der Waals surface area contributed by atoms with Gasteiger partial charge in [-0.3, -0.25) is 10.1 Å². The van der Waals surface area contributed by atoms with E-state index in [0.717, 1.165) is 37.1 Å². The third-order valence-corrected chi connectivity index (χ3v) is 4.05. The molecule has 1 atom stereocenters. The number of halogens is 1. The van der Waals surface area contributed by atoms with Crippen molar-refractivity contribution in [2.45, 2.75) is 13.3 Å². The highest BCUT2D eigenvalue weighted by Crippen LogP contribution is 2.28. The molecule has 1 aromatic rings. The molecule has 1 unspecified atom stereocenters. The van der Waals surface area contributed by atoms with E-state index >= 15 is 0 Å². The van der Waals surface area contributed by atoms with Gasteiger partial charge in [0.05, 0.1) is 4.92 Å². The third kappa shape index (κ3) is 3.67. The van der Waals surface area contributed by atoms with Crippen LogP contribution in [-0.2, 0) is 0 Å². The Balaban J connectivity index is 1.98. The SMILES string of the molecule is CCN1CCC(CNc2ccc(Br)cc2[N+](=O)[O-])C1. The summed E-state index contributed by atoms with van der Waals surface area (Å²) in [6, 6.07) is 5.12. The van der Waals surface area contributed by atoms with E-state index in [1.54, 1.807) is 6.07 Å². The van der Waals surface area contributed by atoms with Crippen molar-refractivity contribution in [1.29, 1.82) is 0 Å². The molecule has 0 saturated carbocycles. The first-order chi connectivity index (χ1) is 9.10. The fraction of sp³-hybridized carbons (Fsp3) is 0.538. The lowest BCUT2D eigenvalue weighted by Gasteiger charge is -2.14. The number of nitro groups is 1. The molecule has 1 heterocycles. The summed E-state index contributed by atoms with van der Waals surface area (Å²) in [5.74, 6) is 0.572. The molecule has 5 nitrogen and oxygen atoms in total. The van der Waals surface area contributed by atoms with Crippen molar-refractivity contribution in [2.24, 2.45) is 5.92 Å². The predicted molar refractivity (Wildman–Crippen MR) is 79.5 cm³/mol. The lowest BCUT2D eigenvalue weighted by Crippen LogP contribution is -2.22. The minimum atomic E-state index is -0.347. The molecular weight excluding hydrogens is 310 g/mol. The Morgan fingerprint density at radius 3 is 3.00 bits per heavy atom. The highest BCUT2D eigenvalue weighted by atomic mass is 79.9. The predicted octanol–water partition coefficient (Wildman–Crippen LogP) is 3.11. The molecule has 1 fully saturated rings. The van der Waals surface area contributed by atoms with E-state index < -0.39 is 0 Å². The average molecular weight is 328 g/mol. The summed E-state index contributed by atoms with van der Waals surface area (Å²) in [4.78, 5) is 13.1. The maximum Gasteiger partial charge on any atom is 0.293 e. The van der Waals surface area contributed by atoms with E-state index in [9.17, 15) is 10.1 Å². The van der Waals surface area contributed by atoms with Crippen LogP contribution in [0, 0.1) is 16.0 Å². The van der Waals surface area contributed by atoms with Crippen molar-refractivity contribution in [1.82, 2.24) is 4.90 Å². The van der Waals surface area contributed by atoms with Crippen molar-refractivity contribution < 1.29 is 4.92 Å². The Morgan fingerprint density at radius 1 is 1.58 bits per heavy atom. The van der Waals surface area contributed by atoms with E-state index in [1.165, 1.54) is 6.07 Å². The van der Waals surface area contributed by atoms with Gasteiger partial charge < -0.3 is 10.2 Å². The van der Waals surface area contributed by atoms with Crippen molar-refractivity contribution in [2.75, 3.05) is 31.5 Å². The monoisotopic (exact) mass is 327 g/mol. The second-order valence-corrected chi connectivity index (χ2v) is 5.76. The van der Waals surface area contributed by atoms with Crippen molar-refractivity contribution >= 4 is 27.3 Å². The van der Waals surface area contributed by atoms with Gasteiger partial charge >= 0.3 is 0 Å². The van der Waals surface area contributed by atoms with Crippen LogP contribution in [0.15, 0.2) is 22.7 Å². The zero-order valence-corrected chi connectivity index (χ0v) is 12.5. The van der Waals surface area contributed by atoms with Gasteiger partial charge in [0.15, 0.2) is 0 Å². The number of likely N-dealkylation sites (tertiary alicyclic amines) is 1.